The van der Waals surface area contributed by atoms with Crippen LogP contribution in [0.4, 0.5) is 11.4 Å². The number of hydrogen-bond donors (Lipinski definition) is 2. The summed E-state index contributed by atoms with van der Waals surface area (Å²) < 4.78 is 0. The van der Waals surface area contributed by atoms with E-state index >= 15 is 0 Å². The van der Waals surface area contributed by atoms with Crippen molar-refractivity contribution in [1.29, 1.82) is 0 Å². The van der Waals surface area contributed by atoms with Crippen molar-refractivity contribution in [3.63, 3.8) is 0 Å². The summed E-state index contributed by atoms with van der Waals surface area (Å²) in [6.07, 6.45) is 0. The fourth-order valence-electron chi connectivity index (χ4n) is 1.59. The minimum absolute atomic E-state index is 0.283. The highest BCUT2D eigenvalue weighted by Gasteiger charge is 2.13. The van der Waals surface area contributed by atoms with E-state index < -0.39 is 0 Å². The molecule has 98 valence electrons. The first-order chi connectivity index (χ1) is 8.99. The van der Waals surface area contributed by atoms with Gasteiger partial charge in [0.25, 0.3) is 5.91 Å². The lowest BCUT2D eigenvalue weighted by Crippen LogP contribution is -2.12. The van der Waals surface area contributed by atoms with Crippen LogP contribution in [0, 0.1) is 6.92 Å². The standard InChI is InChI=1S/C14H12Cl2N2O/c1-8-2-7-11(15)13(12(8)16)18-14(19)9-3-5-10(17)6-4-9/h2-7H,17H2,1H3,(H,18,19). The van der Waals surface area contributed by atoms with Gasteiger partial charge in [0.05, 0.1) is 15.7 Å². The number of carbonyl (C=O) groups is 1. The zero-order valence-electron chi connectivity index (χ0n) is 10.2. The number of amides is 1. The molecule has 0 saturated carbocycles. The summed E-state index contributed by atoms with van der Waals surface area (Å²) in [4.78, 5) is 12.1. The Balaban J connectivity index is 2.29. The van der Waals surface area contributed by atoms with Crippen molar-refractivity contribution in [1.82, 2.24) is 0 Å². The van der Waals surface area contributed by atoms with Crippen LogP contribution in [0.3, 0.4) is 0 Å². The molecule has 5 heteroatoms. The number of anilines is 2. The van der Waals surface area contributed by atoms with Gasteiger partial charge in [-0.1, -0.05) is 29.3 Å². The first-order valence-corrected chi connectivity index (χ1v) is 6.36. The first-order valence-electron chi connectivity index (χ1n) is 5.60. The molecule has 0 radical (unpaired) electrons. The lowest BCUT2D eigenvalue weighted by atomic mass is 10.1. The van der Waals surface area contributed by atoms with Gasteiger partial charge >= 0.3 is 0 Å². The van der Waals surface area contributed by atoms with Crippen molar-refractivity contribution in [2.75, 3.05) is 11.1 Å². The SMILES string of the molecule is Cc1ccc(Cl)c(NC(=O)c2ccc(N)cc2)c1Cl. The molecule has 0 saturated heterocycles. The molecular formula is C14H12Cl2N2O. The zero-order valence-corrected chi connectivity index (χ0v) is 11.7. The number of nitrogens with one attached hydrogen (secondary N) is 1. The van der Waals surface area contributed by atoms with Crippen LogP contribution in [0.5, 0.6) is 0 Å². The Bertz CT molecular complexity index is 624. The number of benzene rings is 2. The topological polar surface area (TPSA) is 55.1 Å². The molecule has 19 heavy (non-hydrogen) atoms. The van der Waals surface area contributed by atoms with Gasteiger partial charge < -0.3 is 11.1 Å². The van der Waals surface area contributed by atoms with Crippen molar-refractivity contribution in [2.45, 2.75) is 6.92 Å². The highest BCUT2D eigenvalue weighted by atomic mass is 35.5. The molecule has 1 amide bonds. The smallest absolute Gasteiger partial charge is 0.255 e. The fourth-order valence-corrected chi connectivity index (χ4v) is 2.06. The van der Waals surface area contributed by atoms with E-state index in [4.69, 9.17) is 28.9 Å². The predicted octanol–water partition coefficient (Wildman–Crippen LogP) is 4.14. The van der Waals surface area contributed by atoms with Gasteiger partial charge in [0.15, 0.2) is 0 Å². The number of rotatable bonds is 2. The van der Waals surface area contributed by atoms with Gasteiger partial charge in [0.1, 0.15) is 0 Å². The molecule has 0 aliphatic heterocycles. The van der Waals surface area contributed by atoms with Crippen LogP contribution in [0.25, 0.3) is 0 Å². The molecule has 3 nitrogen and oxygen atoms in total. The van der Waals surface area contributed by atoms with Crippen molar-refractivity contribution < 1.29 is 4.79 Å². The molecular weight excluding hydrogens is 283 g/mol. The highest BCUT2D eigenvalue weighted by molar-refractivity contribution is 6.40. The minimum Gasteiger partial charge on any atom is -0.399 e. The van der Waals surface area contributed by atoms with Gasteiger partial charge in [0, 0.05) is 11.3 Å². The second kappa shape index (κ2) is 5.51. The number of nitrogen functional groups attached to an aromatic ring is 1. The summed E-state index contributed by atoms with van der Waals surface area (Å²) in [6, 6.07) is 10.1. The Morgan fingerprint density at radius 1 is 1.11 bits per heavy atom. The van der Waals surface area contributed by atoms with E-state index in [1.807, 2.05) is 6.92 Å². The molecule has 0 aromatic heterocycles. The van der Waals surface area contributed by atoms with Gasteiger partial charge in [-0.3, -0.25) is 4.79 Å². The number of halogens is 2. The summed E-state index contributed by atoms with van der Waals surface area (Å²) in [5.74, 6) is -0.283. The quantitative estimate of drug-likeness (QED) is 0.818. The molecule has 0 bridgehead atoms. The molecule has 0 fully saturated rings. The summed E-state index contributed by atoms with van der Waals surface area (Å²) in [7, 11) is 0. The summed E-state index contributed by atoms with van der Waals surface area (Å²) in [5.41, 5.74) is 7.93. The van der Waals surface area contributed by atoms with Crippen LogP contribution in [0.2, 0.25) is 10.0 Å². The molecule has 0 aliphatic rings. The molecule has 0 aliphatic carbocycles. The van der Waals surface area contributed by atoms with Gasteiger partial charge in [-0.2, -0.15) is 0 Å². The molecule has 0 spiro atoms. The third-order valence-corrected chi connectivity index (χ3v) is 3.50. The molecule has 2 aromatic rings. The van der Waals surface area contributed by atoms with Crippen LogP contribution in [0.1, 0.15) is 15.9 Å². The summed E-state index contributed by atoms with van der Waals surface area (Å²) in [5, 5.41) is 3.55. The van der Waals surface area contributed by atoms with Gasteiger partial charge in [-0.05, 0) is 42.8 Å². The van der Waals surface area contributed by atoms with Gasteiger partial charge in [0.2, 0.25) is 0 Å². The molecule has 0 unspecified atom stereocenters. The average molecular weight is 295 g/mol. The molecule has 0 heterocycles. The van der Waals surface area contributed by atoms with Crippen LogP contribution >= 0.6 is 23.2 Å². The minimum atomic E-state index is -0.283. The number of aryl methyl sites for hydroxylation is 1. The second-order valence-corrected chi connectivity index (χ2v) is 4.91. The predicted molar refractivity (Wildman–Crippen MR) is 80.0 cm³/mol. The highest BCUT2D eigenvalue weighted by Crippen LogP contribution is 2.33. The Hall–Kier alpha value is -1.71. The number of hydrogen-bond acceptors (Lipinski definition) is 2. The van der Waals surface area contributed by atoms with Gasteiger partial charge in [-0.25, -0.2) is 0 Å². The van der Waals surface area contributed by atoms with Crippen LogP contribution < -0.4 is 11.1 Å². The Morgan fingerprint density at radius 2 is 1.74 bits per heavy atom. The maximum absolute atomic E-state index is 12.1. The van der Waals surface area contributed by atoms with Crippen LogP contribution in [0.15, 0.2) is 36.4 Å². The maximum atomic E-state index is 12.1. The lowest BCUT2D eigenvalue weighted by Gasteiger charge is -2.11. The van der Waals surface area contributed by atoms with Crippen molar-refractivity contribution in [3.8, 4) is 0 Å². The van der Waals surface area contributed by atoms with Crippen molar-refractivity contribution in [2.24, 2.45) is 0 Å². The van der Waals surface area contributed by atoms with Gasteiger partial charge in [-0.15, -0.1) is 0 Å². The van der Waals surface area contributed by atoms with E-state index in [2.05, 4.69) is 5.32 Å². The average Bonchev–Trinajstić information content (AvgIpc) is 2.40. The Kier molecular flexibility index (Phi) is 3.98. The largest absolute Gasteiger partial charge is 0.399 e. The third-order valence-electron chi connectivity index (χ3n) is 2.70. The van der Waals surface area contributed by atoms with E-state index in [0.717, 1.165) is 5.56 Å². The third kappa shape index (κ3) is 3.00. The molecule has 2 aromatic carbocycles. The summed E-state index contributed by atoms with van der Waals surface area (Å²) in [6.45, 7) is 1.84. The maximum Gasteiger partial charge on any atom is 0.255 e. The van der Waals surface area contributed by atoms with E-state index in [1.165, 1.54) is 0 Å². The van der Waals surface area contributed by atoms with Crippen molar-refractivity contribution in [3.05, 3.63) is 57.6 Å². The summed E-state index contributed by atoms with van der Waals surface area (Å²) >= 11 is 12.2. The molecule has 2 rings (SSSR count). The normalized spacial score (nSPS) is 10.3. The molecule has 3 N–H and O–H groups in total. The lowest BCUT2D eigenvalue weighted by molar-refractivity contribution is 0.102. The monoisotopic (exact) mass is 294 g/mol. The van der Waals surface area contributed by atoms with Crippen LogP contribution in [-0.4, -0.2) is 5.91 Å². The Labute approximate surface area is 121 Å². The zero-order chi connectivity index (χ0) is 14.0. The van der Waals surface area contributed by atoms with E-state index in [0.29, 0.717) is 27.0 Å². The Morgan fingerprint density at radius 3 is 2.37 bits per heavy atom. The first kappa shape index (κ1) is 13.7. The van der Waals surface area contributed by atoms with E-state index in [-0.39, 0.29) is 5.91 Å². The fraction of sp³-hybridized carbons (Fsp3) is 0.0714. The number of carbonyl (C=O) groups excluding carboxylic acids is 1. The van der Waals surface area contributed by atoms with Crippen LogP contribution in [-0.2, 0) is 0 Å². The van der Waals surface area contributed by atoms with E-state index in [9.17, 15) is 4.79 Å². The second-order valence-electron chi connectivity index (χ2n) is 4.13. The number of nitrogens with two attached hydrogens (primary N) is 1. The molecule has 0 atom stereocenters. The van der Waals surface area contributed by atoms with Crippen molar-refractivity contribution >= 4 is 40.5 Å². The van der Waals surface area contributed by atoms with E-state index in [1.54, 1.807) is 36.4 Å².